The van der Waals surface area contributed by atoms with Crippen LogP contribution in [0.4, 0.5) is 5.13 Å². The van der Waals surface area contributed by atoms with Crippen molar-refractivity contribution in [2.75, 3.05) is 44.3 Å². The highest BCUT2D eigenvalue weighted by Crippen LogP contribution is 2.33. The smallest absolute Gasteiger partial charge is 0.270 e. The lowest BCUT2D eigenvalue weighted by Gasteiger charge is -2.27. The summed E-state index contributed by atoms with van der Waals surface area (Å²) < 4.78 is 8.46. The van der Waals surface area contributed by atoms with Crippen molar-refractivity contribution in [2.45, 2.75) is 6.42 Å². The molecule has 3 heterocycles. The van der Waals surface area contributed by atoms with Gasteiger partial charge in [0.05, 0.1) is 32.1 Å². The van der Waals surface area contributed by atoms with E-state index in [9.17, 15) is 4.79 Å². The molecule has 1 saturated heterocycles. The number of carbonyl (C=O) groups is 1. The predicted molar refractivity (Wildman–Crippen MR) is 123 cm³/mol. The lowest BCUT2D eigenvalue weighted by atomic mass is 10.3. The standard InChI is InChI=1S/C19H19Br2N3O2S2/c20-13-2-3-14-16(12-13)28-19(22-14)24(18(25)15-4-5-17(21)27-15)7-1-6-23-8-10-26-11-9-23/h2-5,12H,1,6-11H2. The number of morpholine rings is 1. The first-order chi connectivity index (χ1) is 13.6. The van der Waals surface area contributed by atoms with Crippen molar-refractivity contribution in [2.24, 2.45) is 0 Å². The van der Waals surface area contributed by atoms with Gasteiger partial charge in [-0.3, -0.25) is 14.6 Å². The third kappa shape index (κ3) is 4.83. The van der Waals surface area contributed by atoms with Gasteiger partial charge in [-0.1, -0.05) is 27.3 Å². The van der Waals surface area contributed by atoms with E-state index in [2.05, 4.69) is 42.8 Å². The van der Waals surface area contributed by atoms with E-state index in [1.807, 2.05) is 29.2 Å². The number of benzene rings is 1. The first-order valence-corrected chi connectivity index (χ1v) is 12.3. The normalized spacial score (nSPS) is 15.2. The Labute approximate surface area is 188 Å². The van der Waals surface area contributed by atoms with Crippen LogP contribution in [0.15, 0.2) is 38.6 Å². The van der Waals surface area contributed by atoms with Gasteiger partial charge in [-0.05, 0) is 52.7 Å². The molecule has 0 saturated carbocycles. The van der Waals surface area contributed by atoms with E-state index >= 15 is 0 Å². The van der Waals surface area contributed by atoms with Crippen LogP contribution < -0.4 is 4.90 Å². The molecule has 1 aromatic carbocycles. The maximum absolute atomic E-state index is 13.2. The Morgan fingerprint density at radius 3 is 2.75 bits per heavy atom. The number of thiophene rings is 1. The first kappa shape index (κ1) is 20.4. The number of anilines is 1. The maximum atomic E-state index is 13.2. The van der Waals surface area contributed by atoms with Gasteiger partial charge in [0.15, 0.2) is 5.13 Å². The van der Waals surface area contributed by atoms with E-state index in [1.165, 1.54) is 11.3 Å². The van der Waals surface area contributed by atoms with Gasteiger partial charge < -0.3 is 4.74 Å². The van der Waals surface area contributed by atoms with Crippen molar-refractivity contribution in [1.82, 2.24) is 9.88 Å². The zero-order valence-corrected chi connectivity index (χ0v) is 19.9. The number of hydrogen-bond donors (Lipinski definition) is 0. The summed E-state index contributed by atoms with van der Waals surface area (Å²) in [5.74, 6) is 0.01000. The maximum Gasteiger partial charge on any atom is 0.270 e. The van der Waals surface area contributed by atoms with Crippen LogP contribution in [-0.2, 0) is 4.74 Å². The number of hydrogen-bond acceptors (Lipinski definition) is 6. The molecule has 0 radical (unpaired) electrons. The molecule has 1 amide bonds. The van der Waals surface area contributed by atoms with Crippen LogP contribution in [0.2, 0.25) is 0 Å². The molecule has 9 heteroatoms. The summed E-state index contributed by atoms with van der Waals surface area (Å²) in [5.41, 5.74) is 0.918. The highest BCUT2D eigenvalue weighted by Gasteiger charge is 2.23. The molecule has 5 nitrogen and oxygen atoms in total. The molecule has 0 bridgehead atoms. The van der Waals surface area contributed by atoms with Gasteiger partial charge >= 0.3 is 0 Å². The average Bonchev–Trinajstić information content (AvgIpc) is 3.31. The van der Waals surface area contributed by atoms with Crippen molar-refractivity contribution >= 4 is 75.8 Å². The van der Waals surface area contributed by atoms with Crippen molar-refractivity contribution in [3.63, 3.8) is 0 Å². The van der Waals surface area contributed by atoms with Crippen molar-refractivity contribution in [3.8, 4) is 0 Å². The van der Waals surface area contributed by atoms with Crippen LogP contribution in [0.1, 0.15) is 16.1 Å². The number of ether oxygens (including phenoxy) is 1. The zero-order chi connectivity index (χ0) is 19.5. The number of aromatic nitrogens is 1. The van der Waals surface area contributed by atoms with Crippen molar-refractivity contribution in [1.29, 1.82) is 0 Å². The number of thiazole rings is 1. The molecular weight excluding hydrogens is 526 g/mol. The second-order valence-electron chi connectivity index (χ2n) is 6.48. The van der Waals surface area contributed by atoms with Gasteiger partial charge in [0.1, 0.15) is 0 Å². The zero-order valence-electron chi connectivity index (χ0n) is 15.1. The Bertz CT molecular complexity index is 969. The van der Waals surface area contributed by atoms with Gasteiger partial charge in [-0.15, -0.1) is 11.3 Å². The van der Waals surface area contributed by atoms with Crippen LogP contribution in [0.25, 0.3) is 10.2 Å². The molecule has 4 rings (SSSR count). The molecule has 0 N–H and O–H groups in total. The molecular formula is C19H19Br2N3O2S2. The topological polar surface area (TPSA) is 45.7 Å². The lowest BCUT2D eigenvalue weighted by molar-refractivity contribution is 0.0376. The summed E-state index contributed by atoms with van der Waals surface area (Å²) in [6, 6.07) is 9.80. The van der Waals surface area contributed by atoms with Gasteiger partial charge in [0, 0.05) is 30.7 Å². The van der Waals surface area contributed by atoms with Crippen molar-refractivity contribution in [3.05, 3.63) is 43.5 Å². The third-order valence-corrected chi connectivity index (χ3v) is 7.71. The fourth-order valence-corrected chi connectivity index (χ4v) is 6.00. The molecule has 2 aromatic heterocycles. The average molecular weight is 545 g/mol. The molecule has 0 atom stereocenters. The van der Waals surface area contributed by atoms with E-state index in [4.69, 9.17) is 9.72 Å². The summed E-state index contributed by atoms with van der Waals surface area (Å²) in [6.07, 6.45) is 0.901. The number of carbonyl (C=O) groups excluding carboxylic acids is 1. The molecule has 1 aliphatic heterocycles. The van der Waals surface area contributed by atoms with Gasteiger partial charge in [0.25, 0.3) is 5.91 Å². The highest BCUT2D eigenvalue weighted by atomic mass is 79.9. The molecule has 1 fully saturated rings. The van der Waals surface area contributed by atoms with Crippen LogP contribution >= 0.6 is 54.5 Å². The molecule has 0 unspecified atom stereocenters. The van der Waals surface area contributed by atoms with Crippen LogP contribution in [-0.4, -0.2) is 55.2 Å². The van der Waals surface area contributed by atoms with E-state index in [1.54, 1.807) is 11.3 Å². The van der Waals surface area contributed by atoms with E-state index < -0.39 is 0 Å². The Hall–Kier alpha value is -0.840. The van der Waals surface area contributed by atoms with Crippen LogP contribution in [0.3, 0.4) is 0 Å². The predicted octanol–water partition coefficient (Wildman–Crippen LogP) is 5.25. The fraction of sp³-hybridized carbons (Fsp3) is 0.368. The van der Waals surface area contributed by atoms with Gasteiger partial charge in [-0.25, -0.2) is 4.98 Å². The van der Waals surface area contributed by atoms with E-state index in [-0.39, 0.29) is 5.91 Å². The largest absolute Gasteiger partial charge is 0.379 e. The number of halogens is 2. The minimum absolute atomic E-state index is 0.01000. The number of amides is 1. The Kier molecular flexibility index (Phi) is 6.80. The fourth-order valence-electron chi connectivity index (χ4n) is 3.13. The molecule has 0 aliphatic carbocycles. The monoisotopic (exact) mass is 543 g/mol. The summed E-state index contributed by atoms with van der Waals surface area (Å²) >= 11 is 9.99. The number of rotatable bonds is 6. The van der Waals surface area contributed by atoms with E-state index in [0.29, 0.717) is 6.54 Å². The minimum Gasteiger partial charge on any atom is -0.379 e. The molecule has 0 spiro atoms. The first-order valence-electron chi connectivity index (χ1n) is 9.03. The Balaban J connectivity index is 1.55. The molecule has 28 heavy (non-hydrogen) atoms. The summed E-state index contributed by atoms with van der Waals surface area (Å²) in [7, 11) is 0. The third-order valence-electron chi connectivity index (χ3n) is 4.56. The second-order valence-corrected chi connectivity index (χ2v) is 10.9. The lowest BCUT2D eigenvalue weighted by Crippen LogP contribution is -2.39. The minimum atomic E-state index is 0.01000. The summed E-state index contributed by atoms with van der Waals surface area (Å²) in [4.78, 5) is 22.9. The molecule has 148 valence electrons. The quantitative estimate of drug-likeness (QED) is 0.425. The SMILES string of the molecule is O=C(c1ccc(Br)s1)N(CCCN1CCOCC1)c1nc2ccc(Br)cc2s1. The summed E-state index contributed by atoms with van der Waals surface area (Å²) in [6.45, 7) is 5.10. The highest BCUT2D eigenvalue weighted by molar-refractivity contribution is 9.11. The van der Waals surface area contributed by atoms with Crippen LogP contribution in [0, 0.1) is 0 Å². The second kappa shape index (κ2) is 9.32. The van der Waals surface area contributed by atoms with Gasteiger partial charge in [0.2, 0.25) is 0 Å². The van der Waals surface area contributed by atoms with Gasteiger partial charge in [-0.2, -0.15) is 0 Å². The molecule has 3 aromatic rings. The van der Waals surface area contributed by atoms with Crippen molar-refractivity contribution < 1.29 is 9.53 Å². The number of fused-ring (bicyclic) bond motifs is 1. The van der Waals surface area contributed by atoms with E-state index in [0.717, 1.165) is 67.8 Å². The Morgan fingerprint density at radius 2 is 2.00 bits per heavy atom. The van der Waals surface area contributed by atoms with Crippen LogP contribution in [0.5, 0.6) is 0 Å². The molecule has 1 aliphatic rings. The number of nitrogens with zero attached hydrogens (tertiary/aromatic N) is 3. The Morgan fingerprint density at radius 1 is 1.18 bits per heavy atom. The summed E-state index contributed by atoms with van der Waals surface area (Å²) in [5, 5.41) is 0.754.